The molecule has 0 saturated heterocycles. The van der Waals surface area contributed by atoms with Crippen LogP contribution in [0.1, 0.15) is 24.8 Å². The molecule has 0 aliphatic rings. The van der Waals surface area contributed by atoms with Crippen LogP contribution in [-0.4, -0.2) is 0 Å². The highest BCUT2D eigenvalue weighted by molar-refractivity contribution is 9.10. The lowest BCUT2D eigenvalue weighted by Gasteiger charge is -2.00. The second-order valence-corrected chi connectivity index (χ2v) is 4.08. The highest BCUT2D eigenvalue weighted by atomic mass is 79.9. The van der Waals surface area contributed by atoms with Crippen molar-refractivity contribution in [3.05, 3.63) is 47.0 Å². The first kappa shape index (κ1) is 10.5. The predicted molar refractivity (Wildman–Crippen MR) is 61.9 cm³/mol. The summed E-state index contributed by atoms with van der Waals surface area (Å²) in [5.74, 6) is 0. The zero-order valence-corrected chi connectivity index (χ0v) is 9.39. The maximum atomic E-state index is 3.71. The molecule has 1 aromatic rings. The van der Waals surface area contributed by atoms with Crippen LogP contribution in [0.2, 0.25) is 0 Å². The smallest absolute Gasteiger partial charge is 0.0177 e. The molecule has 0 amide bonds. The van der Waals surface area contributed by atoms with Crippen molar-refractivity contribution in [2.24, 2.45) is 0 Å². The van der Waals surface area contributed by atoms with E-state index < -0.39 is 0 Å². The number of halogens is 1. The second-order valence-electron chi connectivity index (χ2n) is 3.16. The Morgan fingerprint density at radius 2 is 2.15 bits per heavy atom. The zero-order valence-electron chi connectivity index (χ0n) is 7.80. The summed E-state index contributed by atoms with van der Waals surface area (Å²) >= 11 is 3.47. The van der Waals surface area contributed by atoms with Crippen LogP contribution in [0, 0.1) is 0 Å². The van der Waals surface area contributed by atoms with Crippen LogP contribution < -0.4 is 0 Å². The monoisotopic (exact) mass is 238 g/mol. The molecule has 1 aromatic carbocycles. The van der Waals surface area contributed by atoms with Crippen LogP contribution in [0.3, 0.4) is 0 Å². The molecule has 0 saturated carbocycles. The first-order chi connectivity index (χ1) is 6.33. The first-order valence-electron chi connectivity index (χ1n) is 4.68. The summed E-state index contributed by atoms with van der Waals surface area (Å²) in [5.41, 5.74) is 1.42. The van der Waals surface area contributed by atoms with E-state index in [1.165, 1.54) is 29.3 Å². The maximum absolute atomic E-state index is 3.71. The lowest BCUT2D eigenvalue weighted by atomic mass is 10.1. The van der Waals surface area contributed by atoms with E-state index >= 15 is 0 Å². The van der Waals surface area contributed by atoms with E-state index in [-0.39, 0.29) is 0 Å². The van der Waals surface area contributed by atoms with Gasteiger partial charge in [0.05, 0.1) is 0 Å². The number of benzene rings is 1. The van der Waals surface area contributed by atoms with Gasteiger partial charge in [-0.2, -0.15) is 0 Å². The Balaban J connectivity index is 2.32. The van der Waals surface area contributed by atoms with Gasteiger partial charge < -0.3 is 0 Å². The maximum Gasteiger partial charge on any atom is 0.0177 e. The minimum atomic E-state index is 1.13. The minimum Gasteiger partial charge on any atom is -0.103 e. The molecule has 1 rings (SSSR count). The third kappa shape index (κ3) is 4.28. The van der Waals surface area contributed by atoms with Gasteiger partial charge in [-0.25, -0.2) is 0 Å². The lowest BCUT2D eigenvalue weighted by Crippen LogP contribution is -1.84. The fourth-order valence-corrected chi connectivity index (χ4v) is 1.76. The summed E-state index contributed by atoms with van der Waals surface area (Å²) in [5, 5.41) is 0. The minimum absolute atomic E-state index is 1.13. The van der Waals surface area contributed by atoms with Crippen LogP contribution in [0.25, 0.3) is 0 Å². The van der Waals surface area contributed by atoms with E-state index in [4.69, 9.17) is 0 Å². The SMILES string of the molecule is C=CCCCCc1cccc(Br)c1. The van der Waals surface area contributed by atoms with Crippen molar-refractivity contribution in [3.63, 3.8) is 0 Å². The van der Waals surface area contributed by atoms with Crippen molar-refractivity contribution in [1.29, 1.82) is 0 Å². The summed E-state index contributed by atoms with van der Waals surface area (Å²) in [6, 6.07) is 8.52. The molecule has 0 aromatic heterocycles. The van der Waals surface area contributed by atoms with E-state index in [0.29, 0.717) is 0 Å². The molecule has 0 nitrogen and oxygen atoms in total. The molecule has 0 radical (unpaired) electrons. The number of rotatable bonds is 5. The first-order valence-corrected chi connectivity index (χ1v) is 5.47. The predicted octanol–water partition coefficient (Wildman–Crippen LogP) is 4.35. The fourth-order valence-electron chi connectivity index (χ4n) is 1.31. The van der Waals surface area contributed by atoms with Crippen molar-refractivity contribution in [2.75, 3.05) is 0 Å². The summed E-state index contributed by atoms with van der Waals surface area (Å²) in [4.78, 5) is 0. The van der Waals surface area contributed by atoms with Crippen LogP contribution in [0.4, 0.5) is 0 Å². The van der Waals surface area contributed by atoms with Gasteiger partial charge in [0.15, 0.2) is 0 Å². The van der Waals surface area contributed by atoms with Crippen LogP contribution in [0.15, 0.2) is 41.4 Å². The van der Waals surface area contributed by atoms with Gasteiger partial charge in [0, 0.05) is 4.47 Å². The molecular weight excluding hydrogens is 224 g/mol. The Hall–Kier alpha value is -0.560. The van der Waals surface area contributed by atoms with Gasteiger partial charge in [-0.1, -0.05) is 34.1 Å². The van der Waals surface area contributed by atoms with E-state index in [1.54, 1.807) is 0 Å². The molecule has 1 heteroatoms. The number of aryl methyl sites for hydroxylation is 1. The summed E-state index contributed by atoms with van der Waals surface area (Å²) in [7, 11) is 0. The van der Waals surface area contributed by atoms with Crippen molar-refractivity contribution in [2.45, 2.75) is 25.7 Å². The normalized spacial score (nSPS) is 9.92. The van der Waals surface area contributed by atoms with E-state index in [2.05, 4.69) is 46.8 Å². The zero-order chi connectivity index (χ0) is 9.52. The van der Waals surface area contributed by atoms with Gasteiger partial charge in [0.1, 0.15) is 0 Å². The molecule has 0 atom stereocenters. The number of unbranched alkanes of at least 4 members (excludes halogenated alkanes) is 2. The van der Waals surface area contributed by atoms with Crippen LogP contribution in [-0.2, 0) is 6.42 Å². The molecule has 13 heavy (non-hydrogen) atoms. The Kier molecular flexibility index (Phi) is 4.84. The number of allylic oxidation sites excluding steroid dienone is 1. The molecule has 0 heterocycles. The molecular formula is C12H15Br. The largest absolute Gasteiger partial charge is 0.103 e. The third-order valence-electron chi connectivity index (χ3n) is 2.01. The van der Waals surface area contributed by atoms with Gasteiger partial charge >= 0.3 is 0 Å². The Labute approximate surface area is 88.8 Å². The van der Waals surface area contributed by atoms with Gasteiger partial charge in [0.25, 0.3) is 0 Å². The van der Waals surface area contributed by atoms with E-state index in [9.17, 15) is 0 Å². The lowest BCUT2D eigenvalue weighted by molar-refractivity contribution is 0.748. The fraction of sp³-hybridized carbons (Fsp3) is 0.333. The van der Waals surface area contributed by atoms with Crippen molar-refractivity contribution >= 4 is 15.9 Å². The molecule has 0 spiro atoms. The summed E-state index contributed by atoms with van der Waals surface area (Å²) in [6.07, 6.45) is 6.79. The summed E-state index contributed by atoms with van der Waals surface area (Å²) < 4.78 is 1.17. The summed E-state index contributed by atoms with van der Waals surface area (Å²) in [6.45, 7) is 3.71. The molecule has 0 aliphatic heterocycles. The standard InChI is InChI=1S/C12H15Br/c1-2-3-4-5-7-11-8-6-9-12(13)10-11/h2,6,8-10H,1,3-5,7H2. The average molecular weight is 239 g/mol. The van der Waals surface area contributed by atoms with Gasteiger partial charge in [-0.15, -0.1) is 6.58 Å². The third-order valence-corrected chi connectivity index (χ3v) is 2.51. The highest BCUT2D eigenvalue weighted by Gasteiger charge is 1.93. The van der Waals surface area contributed by atoms with E-state index in [0.717, 1.165) is 6.42 Å². The van der Waals surface area contributed by atoms with Crippen molar-refractivity contribution in [3.8, 4) is 0 Å². The van der Waals surface area contributed by atoms with Crippen molar-refractivity contribution < 1.29 is 0 Å². The number of hydrogen-bond acceptors (Lipinski definition) is 0. The van der Waals surface area contributed by atoms with Gasteiger partial charge in [-0.3, -0.25) is 0 Å². The molecule has 0 N–H and O–H groups in total. The van der Waals surface area contributed by atoms with Crippen LogP contribution in [0.5, 0.6) is 0 Å². The van der Waals surface area contributed by atoms with Crippen molar-refractivity contribution in [1.82, 2.24) is 0 Å². The Morgan fingerprint density at radius 3 is 2.85 bits per heavy atom. The average Bonchev–Trinajstić information content (AvgIpc) is 2.13. The highest BCUT2D eigenvalue weighted by Crippen LogP contribution is 2.13. The van der Waals surface area contributed by atoms with Crippen LogP contribution >= 0.6 is 15.9 Å². The van der Waals surface area contributed by atoms with Gasteiger partial charge in [0.2, 0.25) is 0 Å². The molecule has 0 fully saturated rings. The second kappa shape index (κ2) is 5.98. The molecule has 0 bridgehead atoms. The molecule has 70 valence electrons. The van der Waals surface area contributed by atoms with Gasteiger partial charge in [-0.05, 0) is 43.4 Å². The molecule has 0 unspecified atom stereocenters. The Morgan fingerprint density at radius 1 is 1.31 bits per heavy atom. The topological polar surface area (TPSA) is 0 Å². The van der Waals surface area contributed by atoms with E-state index in [1.807, 2.05) is 6.08 Å². The quantitative estimate of drug-likeness (QED) is 0.529. The molecule has 0 aliphatic carbocycles. The number of hydrogen-bond donors (Lipinski definition) is 0. The Bertz CT molecular complexity index is 266.